The van der Waals surface area contributed by atoms with Gasteiger partial charge in [-0.05, 0) is 6.92 Å². The predicted octanol–water partition coefficient (Wildman–Crippen LogP) is 1.42. The maximum atomic E-state index is 9.25. The summed E-state index contributed by atoms with van der Waals surface area (Å²) >= 11 is 0. The van der Waals surface area contributed by atoms with Crippen molar-refractivity contribution in [3.05, 3.63) is 25.0 Å². The second-order valence-electron chi connectivity index (χ2n) is 1.25. The maximum Gasteiger partial charge on any atom is 0.327 e. The van der Waals surface area contributed by atoms with Crippen LogP contribution < -0.4 is 0 Å². The Kier molecular flexibility index (Phi) is 12.3. The molecule has 0 spiro atoms. The van der Waals surface area contributed by atoms with Crippen LogP contribution in [0.5, 0.6) is 0 Å². The lowest BCUT2D eigenvalue weighted by Crippen LogP contribution is -1.82. The number of hydrogen-bond donors (Lipinski definition) is 1. The third kappa shape index (κ3) is 29.5. The summed E-state index contributed by atoms with van der Waals surface area (Å²) in [5.74, 6) is -0.981. The summed E-state index contributed by atoms with van der Waals surface area (Å²) < 4.78 is 4.51. The van der Waals surface area contributed by atoms with Crippen LogP contribution in [0.25, 0.3) is 0 Å². The van der Waals surface area contributed by atoms with Gasteiger partial charge >= 0.3 is 5.97 Å². The van der Waals surface area contributed by atoms with Gasteiger partial charge in [-0.3, -0.25) is 0 Å². The fourth-order valence-electron chi connectivity index (χ4n) is 0.136. The molecule has 0 aliphatic carbocycles. The van der Waals surface area contributed by atoms with E-state index in [9.17, 15) is 4.79 Å². The van der Waals surface area contributed by atoms with Crippen LogP contribution in [0.3, 0.4) is 0 Å². The van der Waals surface area contributed by atoms with Gasteiger partial charge in [0.25, 0.3) is 0 Å². The van der Waals surface area contributed by atoms with Gasteiger partial charge in [0.05, 0.1) is 13.4 Å². The van der Waals surface area contributed by atoms with E-state index in [0.717, 1.165) is 6.08 Å². The molecule has 58 valence electrons. The Bertz CT molecular complexity index is 116. The summed E-state index contributed by atoms with van der Waals surface area (Å²) in [5.41, 5.74) is 0. The van der Waals surface area contributed by atoms with E-state index in [0.29, 0.717) is 0 Å². The van der Waals surface area contributed by atoms with Gasteiger partial charge in [-0.15, -0.1) is 0 Å². The molecule has 3 heteroatoms. The van der Waals surface area contributed by atoms with E-state index < -0.39 is 5.97 Å². The lowest BCUT2D eigenvalue weighted by molar-refractivity contribution is -0.131. The Hall–Kier alpha value is -1.25. The summed E-state index contributed by atoms with van der Waals surface area (Å²) in [5, 5.41) is 7.60. The largest absolute Gasteiger partial charge is 0.505 e. The lowest BCUT2D eigenvalue weighted by atomic mass is 10.7. The molecule has 0 aromatic carbocycles. The molecule has 0 heterocycles. The molecule has 0 unspecified atom stereocenters. The van der Waals surface area contributed by atoms with Crippen LogP contribution >= 0.6 is 0 Å². The van der Waals surface area contributed by atoms with E-state index in [-0.39, 0.29) is 0 Å². The zero-order valence-electron chi connectivity index (χ0n) is 6.20. The summed E-state index contributed by atoms with van der Waals surface area (Å²) in [6.07, 6.45) is 4.29. The van der Waals surface area contributed by atoms with Crippen molar-refractivity contribution in [3.63, 3.8) is 0 Å². The molecule has 0 radical (unpaired) electrons. The molecule has 0 atom stereocenters. The topological polar surface area (TPSA) is 46.5 Å². The number of methoxy groups -OCH3 is 1. The molecule has 0 rings (SSSR count). The summed E-state index contributed by atoms with van der Waals surface area (Å²) in [7, 11) is 1.62. The molecule has 0 aliphatic heterocycles. The Balaban J connectivity index is 0. The fraction of sp³-hybridized carbons (Fsp3) is 0.286. The van der Waals surface area contributed by atoms with Crippen molar-refractivity contribution in [2.75, 3.05) is 7.11 Å². The quantitative estimate of drug-likeness (QED) is 0.471. The first kappa shape index (κ1) is 11.5. The average Bonchev–Trinajstić information content (AvgIpc) is 1.91. The number of hydrogen-bond acceptors (Lipinski definition) is 2. The minimum absolute atomic E-state index is 0.833. The summed E-state index contributed by atoms with van der Waals surface area (Å²) in [6, 6.07) is 0. The molecule has 0 bridgehead atoms. The highest BCUT2D eigenvalue weighted by atomic mass is 16.5. The Morgan fingerprint density at radius 3 is 2.10 bits per heavy atom. The molecular formula is C7H12O3. The van der Waals surface area contributed by atoms with Gasteiger partial charge in [0.2, 0.25) is 0 Å². The van der Waals surface area contributed by atoms with E-state index in [1.807, 2.05) is 13.0 Å². The molecule has 0 saturated heterocycles. The van der Waals surface area contributed by atoms with Crippen LogP contribution in [0, 0.1) is 0 Å². The molecule has 3 nitrogen and oxygen atoms in total. The standard InChI is InChI=1S/C4H8O.C3H4O2/c1-3-4-5-2;1-2-3(4)5/h3-4H,1-2H3;2H,1H2,(H,4,5)/b4-3+;. The monoisotopic (exact) mass is 144 g/mol. The highest BCUT2D eigenvalue weighted by Crippen LogP contribution is 1.64. The van der Waals surface area contributed by atoms with E-state index in [4.69, 9.17) is 5.11 Å². The number of carboxylic acid groups (broad SMARTS) is 1. The number of carbonyl (C=O) groups is 1. The zero-order chi connectivity index (χ0) is 8.41. The molecule has 0 amide bonds. The number of rotatable bonds is 2. The minimum Gasteiger partial charge on any atom is -0.505 e. The highest BCUT2D eigenvalue weighted by molar-refractivity contribution is 5.78. The van der Waals surface area contributed by atoms with Crippen molar-refractivity contribution in [2.24, 2.45) is 0 Å². The van der Waals surface area contributed by atoms with Gasteiger partial charge in [-0.2, -0.15) is 0 Å². The molecule has 10 heavy (non-hydrogen) atoms. The van der Waals surface area contributed by atoms with Crippen LogP contribution in [0.15, 0.2) is 25.0 Å². The average molecular weight is 144 g/mol. The first-order valence-corrected chi connectivity index (χ1v) is 2.68. The fourth-order valence-corrected chi connectivity index (χ4v) is 0.136. The van der Waals surface area contributed by atoms with Gasteiger partial charge in [-0.25, -0.2) is 4.79 Å². The Labute approximate surface area is 60.6 Å². The van der Waals surface area contributed by atoms with Crippen molar-refractivity contribution in [3.8, 4) is 0 Å². The molecule has 0 fully saturated rings. The summed E-state index contributed by atoms with van der Waals surface area (Å²) in [6.45, 7) is 4.87. The van der Waals surface area contributed by atoms with Gasteiger partial charge in [0, 0.05) is 6.08 Å². The second kappa shape index (κ2) is 10.7. The van der Waals surface area contributed by atoms with E-state index in [1.54, 1.807) is 13.4 Å². The molecule has 0 aliphatic rings. The molecule has 0 aromatic rings. The van der Waals surface area contributed by atoms with Crippen molar-refractivity contribution in [1.29, 1.82) is 0 Å². The predicted molar refractivity (Wildman–Crippen MR) is 39.7 cm³/mol. The van der Waals surface area contributed by atoms with Gasteiger partial charge < -0.3 is 9.84 Å². The van der Waals surface area contributed by atoms with Crippen LogP contribution in [-0.2, 0) is 9.53 Å². The SMILES string of the molecule is C/C=C/OC.C=CC(=O)O. The Morgan fingerprint density at radius 1 is 1.70 bits per heavy atom. The lowest BCUT2D eigenvalue weighted by Gasteiger charge is -1.76. The van der Waals surface area contributed by atoms with E-state index in [1.165, 1.54) is 0 Å². The third-order valence-corrected chi connectivity index (χ3v) is 0.447. The van der Waals surface area contributed by atoms with Crippen LogP contribution in [0.1, 0.15) is 6.92 Å². The maximum absolute atomic E-state index is 9.25. The molecule has 1 N–H and O–H groups in total. The van der Waals surface area contributed by atoms with E-state index >= 15 is 0 Å². The zero-order valence-corrected chi connectivity index (χ0v) is 6.20. The van der Waals surface area contributed by atoms with E-state index in [2.05, 4.69) is 11.3 Å². The Morgan fingerprint density at radius 2 is 2.10 bits per heavy atom. The number of ether oxygens (including phenoxy) is 1. The van der Waals surface area contributed by atoms with Crippen molar-refractivity contribution in [1.82, 2.24) is 0 Å². The van der Waals surface area contributed by atoms with Crippen molar-refractivity contribution < 1.29 is 14.6 Å². The van der Waals surface area contributed by atoms with Gasteiger partial charge in [0.1, 0.15) is 0 Å². The highest BCUT2D eigenvalue weighted by Gasteiger charge is 1.73. The van der Waals surface area contributed by atoms with Crippen LogP contribution in [0.2, 0.25) is 0 Å². The van der Waals surface area contributed by atoms with Gasteiger partial charge in [0.15, 0.2) is 0 Å². The third-order valence-electron chi connectivity index (χ3n) is 0.447. The smallest absolute Gasteiger partial charge is 0.327 e. The van der Waals surface area contributed by atoms with Crippen LogP contribution in [-0.4, -0.2) is 18.2 Å². The molecule has 0 saturated carbocycles. The van der Waals surface area contributed by atoms with Crippen molar-refractivity contribution >= 4 is 5.97 Å². The normalized spacial score (nSPS) is 7.80. The molecular weight excluding hydrogens is 132 g/mol. The first-order valence-electron chi connectivity index (χ1n) is 2.68. The van der Waals surface area contributed by atoms with Crippen molar-refractivity contribution in [2.45, 2.75) is 6.92 Å². The number of allylic oxidation sites excluding steroid dienone is 1. The summed E-state index contributed by atoms with van der Waals surface area (Å²) in [4.78, 5) is 9.25. The van der Waals surface area contributed by atoms with Gasteiger partial charge in [-0.1, -0.05) is 12.7 Å². The number of carboxylic acids is 1. The second-order valence-corrected chi connectivity index (χ2v) is 1.25. The molecule has 0 aromatic heterocycles. The number of aliphatic carboxylic acids is 1. The first-order chi connectivity index (χ1) is 4.68. The minimum atomic E-state index is -0.981. The van der Waals surface area contributed by atoms with Crippen LogP contribution in [0.4, 0.5) is 0 Å².